The molecule has 0 radical (unpaired) electrons. The summed E-state index contributed by atoms with van der Waals surface area (Å²) in [6.07, 6.45) is 0. The number of benzene rings is 2. The molecular formula is C14H14FNO2S. The molecule has 3 nitrogen and oxygen atoms in total. The summed E-state index contributed by atoms with van der Waals surface area (Å²) in [4.78, 5) is 0.118. The Morgan fingerprint density at radius 2 is 1.63 bits per heavy atom. The van der Waals surface area contributed by atoms with Crippen molar-refractivity contribution in [2.24, 2.45) is 5.73 Å². The van der Waals surface area contributed by atoms with Gasteiger partial charge >= 0.3 is 0 Å². The molecule has 0 aliphatic carbocycles. The van der Waals surface area contributed by atoms with Crippen LogP contribution < -0.4 is 5.73 Å². The minimum Gasteiger partial charge on any atom is -0.326 e. The number of hydrogen-bond acceptors (Lipinski definition) is 3. The smallest absolute Gasteiger partial charge is 0.182 e. The van der Waals surface area contributed by atoms with Crippen LogP contribution in [0.5, 0.6) is 0 Å². The molecule has 2 N–H and O–H groups in total. The van der Waals surface area contributed by atoms with Gasteiger partial charge in [0.15, 0.2) is 9.84 Å². The maximum Gasteiger partial charge on any atom is 0.182 e. The fourth-order valence-corrected chi connectivity index (χ4v) is 3.13. The minimum atomic E-state index is -3.46. The van der Waals surface area contributed by atoms with Crippen molar-refractivity contribution >= 4 is 9.84 Å². The fraction of sp³-hybridized carbons (Fsp3) is 0.143. The molecule has 2 rings (SSSR count). The van der Waals surface area contributed by atoms with Crippen LogP contribution in [-0.4, -0.2) is 8.42 Å². The van der Waals surface area contributed by atoms with Crippen LogP contribution in [0.1, 0.15) is 11.1 Å². The molecule has 0 heterocycles. The molecule has 0 bridgehead atoms. The van der Waals surface area contributed by atoms with E-state index >= 15 is 0 Å². The summed E-state index contributed by atoms with van der Waals surface area (Å²) >= 11 is 0. The van der Waals surface area contributed by atoms with E-state index in [9.17, 15) is 12.8 Å². The summed E-state index contributed by atoms with van der Waals surface area (Å²) in [5.74, 6) is -0.573. The highest BCUT2D eigenvalue weighted by molar-refractivity contribution is 7.90. The molecule has 0 aliphatic rings. The Balaban J connectivity index is 2.28. The van der Waals surface area contributed by atoms with E-state index in [-0.39, 0.29) is 10.6 Å². The van der Waals surface area contributed by atoms with E-state index in [4.69, 9.17) is 5.73 Å². The second-order valence-corrected chi connectivity index (χ2v) is 6.23. The molecule has 100 valence electrons. The Kier molecular flexibility index (Phi) is 3.97. The first-order chi connectivity index (χ1) is 9.01. The Morgan fingerprint density at radius 3 is 2.26 bits per heavy atom. The summed E-state index contributed by atoms with van der Waals surface area (Å²) in [5.41, 5.74) is 7.07. The molecule has 0 saturated heterocycles. The first-order valence-corrected chi connectivity index (χ1v) is 7.43. The summed E-state index contributed by atoms with van der Waals surface area (Å²) in [7, 11) is -3.46. The number of halogens is 1. The number of hydrogen-bond donors (Lipinski definition) is 1. The second-order valence-electron chi connectivity index (χ2n) is 4.24. The van der Waals surface area contributed by atoms with E-state index in [0.29, 0.717) is 12.1 Å². The lowest BCUT2D eigenvalue weighted by atomic mass is 10.1. The van der Waals surface area contributed by atoms with Crippen LogP contribution in [0.4, 0.5) is 4.39 Å². The second kappa shape index (κ2) is 5.50. The van der Waals surface area contributed by atoms with Gasteiger partial charge < -0.3 is 5.73 Å². The zero-order chi connectivity index (χ0) is 13.9. The van der Waals surface area contributed by atoms with E-state index in [2.05, 4.69) is 0 Å². The van der Waals surface area contributed by atoms with Crippen molar-refractivity contribution < 1.29 is 12.8 Å². The summed E-state index contributed by atoms with van der Waals surface area (Å²) < 4.78 is 37.1. The van der Waals surface area contributed by atoms with Crippen LogP contribution in [0.2, 0.25) is 0 Å². The normalized spacial score (nSPS) is 11.5. The number of nitrogens with two attached hydrogens (primary N) is 1. The van der Waals surface area contributed by atoms with Crippen LogP contribution in [0.3, 0.4) is 0 Å². The molecule has 5 heteroatoms. The molecule has 0 unspecified atom stereocenters. The van der Waals surface area contributed by atoms with Gasteiger partial charge in [-0.05, 0) is 35.4 Å². The highest BCUT2D eigenvalue weighted by Gasteiger charge is 2.15. The molecule has 0 saturated carbocycles. The average molecular weight is 279 g/mol. The fourth-order valence-electron chi connectivity index (χ4n) is 1.79. The molecule has 0 aliphatic heterocycles. The Bertz CT molecular complexity index is 666. The Morgan fingerprint density at radius 1 is 1.00 bits per heavy atom. The van der Waals surface area contributed by atoms with Gasteiger partial charge in [-0.25, -0.2) is 12.8 Å². The van der Waals surface area contributed by atoms with Crippen molar-refractivity contribution in [2.45, 2.75) is 17.2 Å². The SMILES string of the molecule is NCc1cccc(CS(=O)(=O)c2ccc(F)cc2)c1. The van der Waals surface area contributed by atoms with Crippen molar-refractivity contribution in [3.05, 3.63) is 65.5 Å². The van der Waals surface area contributed by atoms with Gasteiger partial charge in [0.1, 0.15) is 5.82 Å². The molecular weight excluding hydrogens is 265 g/mol. The van der Waals surface area contributed by atoms with E-state index < -0.39 is 15.7 Å². The lowest BCUT2D eigenvalue weighted by molar-refractivity contribution is 0.594. The summed E-state index contributed by atoms with van der Waals surface area (Å²) in [6.45, 7) is 0.366. The van der Waals surface area contributed by atoms with Crippen molar-refractivity contribution in [1.29, 1.82) is 0 Å². The van der Waals surface area contributed by atoms with E-state index in [0.717, 1.165) is 17.7 Å². The monoisotopic (exact) mass is 279 g/mol. The molecule has 0 fully saturated rings. The van der Waals surface area contributed by atoms with Crippen molar-refractivity contribution in [1.82, 2.24) is 0 Å². The summed E-state index contributed by atoms with van der Waals surface area (Å²) in [5, 5.41) is 0. The van der Waals surface area contributed by atoms with Gasteiger partial charge in [-0.2, -0.15) is 0 Å². The Labute approximate surface area is 111 Å². The van der Waals surface area contributed by atoms with Crippen molar-refractivity contribution in [2.75, 3.05) is 0 Å². The van der Waals surface area contributed by atoms with Gasteiger partial charge in [0.05, 0.1) is 10.6 Å². The van der Waals surface area contributed by atoms with Gasteiger partial charge in [0.25, 0.3) is 0 Å². The lowest BCUT2D eigenvalue weighted by Gasteiger charge is -2.06. The third-order valence-electron chi connectivity index (χ3n) is 2.76. The van der Waals surface area contributed by atoms with Crippen LogP contribution in [0.25, 0.3) is 0 Å². The first-order valence-electron chi connectivity index (χ1n) is 5.77. The third-order valence-corrected chi connectivity index (χ3v) is 4.46. The van der Waals surface area contributed by atoms with E-state index in [1.165, 1.54) is 12.1 Å². The molecule has 0 aromatic heterocycles. The predicted molar refractivity (Wildman–Crippen MR) is 71.6 cm³/mol. The van der Waals surface area contributed by atoms with Crippen molar-refractivity contribution in [3.63, 3.8) is 0 Å². The van der Waals surface area contributed by atoms with Crippen LogP contribution in [0.15, 0.2) is 53.4 Å². The highest BCUT2D eigenvalue weighted by atomic mass is 32.2. The molecule has 2 aromatic rings. The van der Waals surface area contributed by atoms with Gasteiger partial charge in [-0.3, -0.25) is 0 Å². The van der Waals surface area contributed by atoms with Crippen LogP contribution in [0, 0.1) is 5.82 Å². The first kappa shape index (κ1) is 13.7. The number of sulfone groups is 1. The summed E-state index contributed by atoms with van der Waals surface area (Å²) in [6, 6.07) is 12.0. The Hall–Kier alpha value is -1.72. The molecule has 0 spiro atoms. The average Bonchev–Trinajstić information content (AvgIpc) is 2.39. The predicted octanol–water partition coefficient (Wildman–Crippen LogP) is 2.26. The van der Waals surface area contributed by atoms with Gasteiger partial charge in [0.2, 0.25) is 0 Å². The van der Waals surface area contributed by atoms with Gasteiger partial charge in [-0.15, -0.1) is 0 Å². The van der Waals surface area contributed by atoms with Crippen molar-refractivity contribution in [3.8, 4) is 0 Å². The van der Waals surface area contributed by atoms with E-state index in [1.807, 2.05) is 6.07 Å². The third kappa shape index (κ3) is 3.39. The highest BCUT2D eigenvalue weighted by Crippen LogP contribution is 2.17. The lowest BCUT2D eigenvalue weighted by Crippen LogP contribution is -2.06. The molecule has 2 aromatic carbocycles. The topological polar surface area (TPSA) is 60.2 Å². The molecule has 0 atom stereocenters. The quantitative estimate of drug-likeness (QED) is 0.873. The maximum absolute atomic E-state index is 12.8. The molecule has 0 amide bonds. The zero-order valence-corrected chi connectivity index (χ0v) is 11.0. The van der Waals surface area contributed by atoms with Gasteiger partial charge in [0, 0.05) is 6.54 Å². The largest absolute Gasteiger partial charge is 0.326 e. The zero-order valence-electron chi connectivity index (χ0n) is 10.2. The minimum absolute atomic E-state index is 0.118. The van der Waals surface area contributed by atoms with E-state index in [1.54, 1.807) is 18.2 Å². The maximum atomic E-state index is 12.8. The van der Waals surface area contributed by atoms with Crippen LogP contribution >= 0.6 is 0 Å². The molecule has 19 heavy (non-hydrogen) atoms. The standard InChI is InChI=1S/C14H14FNO2S/c15-13-4-6-14(7-5-13)19(17,18)10-12-3-1-2-11(8-12)9-16/h1-8H,9-10,16H2. The van der Waals surface area contributed by atoms with Crippen LogP contribution in [-0.2, 0) is 22.1 Å². The van der Waals surface area contributed by atoms with Gasteiger partial charge in [-0.1, -0.05) is 24.3 Å². The number of rotatable bonds is 4.